The molecule has 0 aliphatic carbocycles. The van der Waals surface area contributed by atoms with E-state index in [2.05, 4.69) is 11.1 Å². The molecule has 0 radical (unpaired) electrons. The summed E-state index contributed by atoms with van der Waals surface area (Å²) in [6.45, 7) is 0. The van der Waals surface area contributed by atoms with Gasteiger partial charge >= 0.3 is 0 Å². The van der Waals surface area contributed by atoms with E-state index < -0.39 is 0 Å². The lowest BCUT2D eigenvalue weighted by molar-refractivity contribution is 0.409. The van der Waals surface area contributed by atoms with Crippen molar-refractivity contribution in [1.82, 2.24) is 4.98 Å². The Hall–Kier alpha value is -2.21. The predicted octanol–water partition coefficient (Wildman–Crippen LogP) is 2.68. The van der Waals surface area contributed by atoms with Crippen molar-refractivity contribution in [2.24, 2.45) is 0 Å². The van der Waals surface area contributed by atoms with Gasteiger partial charge in [0.25, 0.3) is 0 Å². The van der Waals surface area contributed by atoms with Gasteiger partial charge in [-0.3, -0.25) is 0 Å². The van der Waals surface area contributed by atoms with Crippen LogP contribution in [0.4, 0.5) is 0 Å². The number of methoxy groups -OCH3 is 1. The predicted molar refractivity (Wildman–Crippen MR) is 61.2 cm³/mol. The molecule has 0 saturated carbocycles. The highest BCUT2D eigenvalue weighted by Crippen LogP contribution is 2.30. The van der Waals surface area contributed by atoms with Crippen LogP contribution >= 0.6 is 0 Å². The molecule has 0 aliphatic heterocycles. The van der Waals surface area contributed by atoms with Crippen LogP contribution < -0.4 is 4.74 Å². The second-order valence-electron chi connectivity index (χ2n) is 3.45. The fourth-order valence-corrected chi connectivity index (χ4v) is 1.74. The van der Waals surface area contributed by atoms with Crippen LogP contribution in [0.25, 0.3) is 0 Å². The number of H-pyrrole nitrogens is 1. The number of rotatable bonds is 3. The first kappa shape index (κ1) is 10.3. The molecule has 3 heteroatoms. The van der Waals surface area contributed by atoms with E-state index in [1.54, 1.807) is 7.11 Å². The topological polar surface area (TPSA) is 48.8 Å². The Morgan fingerprint density at radius 3 is 2.75 bits per heavy atom. The summed E-state index contributed by atoms with van der Waals surface area (Å²) in [4.78, 5) is 2.96. The third-order valence-corrected chi connectivity index (χ3v) is 2.53. The maximum atomic E-state index is 9.25. The average molecular weight is 212 g/mol. The van der Waals surface area contributed by atoms with E-state index >= 15 is 0 Å². The summed E-state index contributed by atoms with van der Waals surface area (Å²) >= 11 is 0. The van der Waals surface area contributed by atoms with Gasteiger partial charge in [0.1, 0.15) is 11.7 Å². The lowest BCUT2D eigenvalue weighted by Gasteiger charge is -2.12. The Labute approximate surface area is 94.3 Å². The van der Waals surface area contributed by atoms with E-state index in [4.69, 9.17) is 4.74 Å². The Bertz CT molecular complexity index is 497. The summed E-state index contributed by atoms with van der Waals surface area (Å²) in [5.41, 5.74) is 1.85. The molecular weight excluding hydrogens is 200 g/mol. The first-order chi connectivity index (χ1) is 7.86. The van der Waals surface area contributed by atoms with E-state index in [1.165, 1.54) is 0 Å². The third-order valence-electron chi connectivity index (χ3n) is 2.53. The van der Waals surface area contributed by atoms with Gasteiger partial charge in [0, 0.05) is 18.0 Å². The summed E-state index contributed by atoms with van der Waals surface area (Å²) in [6.07, 6.45) is 3.65. The summed E-state index contributed by atoms with van der Waals surface area (Å²) in [5, 5.41) is 9.25. The van der Waals surface area contributed by atoms with Crippen LogP contribution in [0.2, 0.25) is 0 Å². The maximum absolute atomic E-state index is 9.25. The molecule has 80 valence electrons. The van der Waals surface area contributed by atoms with Crippen LogP contribution in [-0.4, -0.2) is 12.1 Å². The second kappa shape index (κ2) is 4.54. The lowest BCUT2D eigenvalue weighted by Crippen LogP contribution is -1.99. The normalized spacial score (nSPS) is 11.8. The molecule has 1 heterocycles. The molecule has 1 atom stereocenters. The minimum Gasteiger partial charge on any atom is -0.496 e. The standard InChI is InChI=1S/C13H12N2O/c1-16-13-5-3-2-4-11(13)12(8-14)10-6-7-15-9-10/h2-7,9,12,15H,1H3. The van der Waals surface area contributed by atoms with Gasteiger partial charge in [-0.2, -0.15) is 5.26 Å². The molecule has 0 spiro atoms. The zero-order valence-corrected chi connectivity index (χ0v) is 8.97. The molecule has 3 nitrogen and oxygen atoms in total. The summed E-state index contributed by atoms with van der Waals surface area (Å²) in [7, 11) is 1.62. The van der Waals surface area contributed by atoms with Gasteiger partial charge in [0.15, 0.2) is 0 Å². The molecule has 1 aromatic heterocycles. The van der Waals surface area contributed by atoms with Crippen molar-refractivity contribution in [3.63, 3.8) is 0 Å². The fourth-order valence-electron chi connectivity index (χ4n) is 1.74. The number of aromatic amines is 1. The quantitative estimate of drug-likeness (QED) is 0.850. The minimum atomic E-state index is -0.289. The van der Waals surface area contributed by atoms with Crippen molar-refractivity contribution in [1.29, 1.82) is 5.26 Å². The average Bonchev–Trinajstić information content (AvgIpc) is 2.84. The summed E-state index contributed by atoms with van der Waals surface area (Å²) in [5.74, 6) is 0.456. The van der Waals surface area contributed by atoms with Crippen molar-refractivity contribution in [2.75, 3.05) is 7.11 Å². The molecule has 2 rings (SSSR count). The van der Waals surface area contributed by atoms with Crippen molar-refractivity contribution in [3.8, 4) is 11.8 Å². The van der Waals surface area contributed by atoms with Gasteiger partial charge in [-0.05, 0) is 17.7 Å². The van der Waals surface area contributed by atoms with Crippen LogP contribution in [0, 0.1) is 11.3 Å². The number of ether oxygens (including phenoxy) is 1. The molecule has 1 N–H and O–H groups in total. The molecule has 0 amide bonds. The number of hydrogen-bond donors (Lipinski definition) is 1. The smallest absolute Gasteiger partial charge is 0.123 e. The number of benzene rings is 1. The monoisotopic (exact) mass is 212 g/mol. The van der Waals surface area contributed by atoms with Crippen LogP contribution in [-0.2, 0) is 0 Å². The van der Waals surface area contributed by atoms with Crippen LogP contribution in [0.1, 0.15) is 17.0 Å². The Kier molecular flexibility index (Phi) is 2.93. The fraction of sp³-hybridized carbons (Fsp3) is 0.154. The zero-order valence-electron chi connectivity index (χ0n) is 8.97. The highest BCUT2D eigenvalue weighted by atomic mass is 16.5. The largest absolute Gasteiger partial charge is 0.496 e. The summed E-state index contributed by atoms with van der Waals surface area (Å²) < 4.78 is 5.26. The van der Waals surface area contributed by atoms with Crippen molar-refractivity contribution in [3.05, 3.63) is 53.9 Å². The van der Waals surface area contributed by atoms with E-state index in [-0.39, 0.29) is 5.92 Å². The Balaban J connectivity index is 2.46. The van der Waals surface area contributed by atoms with Gasteiger partial charge in [-0.25, -0.2) is 0 Å². The van der Waals surface area contributed by atoms with E-state index in [1.807, 2.05) is 42.7 Å². The van der Waals surface area contributed by atoms with Gasteiger partial charge in [-0.1, -0.05) is 18.2 Å². The highest BCUT2D eigenvalue weighted by molar-refractivity contribution is 5.45. The van der Waals surface area contributed by atoms with Crippen LogP contribution in [0.15, 0.2) is 42.7 Å². The number of hydrogen-bond acceptors (Lipinski definition) is 2. The van der Waals surface area contributed by atoms with Crippen LogP contribution in [0.5, 0.6) is 5.75 Å². The first-order valence-electron chi connectivity index (χ1n) is 5.02. The first-order valence-corrected chi connectivity index (χ1v) is 5.02. The van der Waals surface area contributed by atoms with Gasteiger partial charge < -0.3 is 9.72 Å². The van der Waals surface area contributed by atoms with Gasteiger partial charge in [0.05, 0.1) is 13.2 Å². The number of nitrogens with zero attached hydrogens (tertiary/aromatic N) is 1. The van der Waals surface area contributed by atoms with E-state index in [9.17, 15) is 5.26 Å². The van der Waals surface area contributed by atoms with Crippen molar-refractivity contribution < 1.29 is 4.74 Å². The van der Waals surface area contributed by atoms with Crippen LogP contribution in [0.3, 0.4) is 0 Å². The van der Waals surface area contributed by atoms with Crippen molar-refractivity contribution >= 4 is 0 Å². The summed E-state index contributed by atoms with van der Waals surface area (Å²) in [6, 6.07) is 11.8. The third kappa shape index (κ3) is 1.78. The molecule has 2 aromatic rings. The number of aromatic nitrogens is 1. The number of nitrogens with one attached hydrogen (secondary N) is 1. The molecule has 1 unspecified atom stereocenters. The molecular formula is C13H12N2O. The van der Waals surface area contributed by atoms with E-state index in [0.29, 0.717) is 0 Å². The Morgan fingerprint density at radius 1 is 1.31 bits per heavy atom. The number of nitriles is 1. The van der Waals surface area contributed by atoms with E-state index in [0.717, 1.165) is 16.9 Å². The molecule has 0 saturated heterocycles. The minimum absolute atomic E-state index is 0.289. The second-order valence-corrected chi connectivity index (χ2v) is 3.45. The molecule has 0 aliphatic rings. The number of para-hydroxylation sites is 1. The lowest BCUT2D eigenvalue weighted by atomic mass is 9.94. The highest BCUT2D eigenvalue weighted by Gasteiger charge is 2.17. The molecule has 0 bridgehead atoms. The SMILES string of the molecule is COc1ccccc1C(C#N)c1cc[nH]c1. The maximum Gasteiger partial charge on any atom is 0.123 e. The molecule has 1 aromatic carbocycles. The van der Waals surface area contributed by atoms with Gasteiger partial charge in [-0.15, -0.1) is 0 Å². The zero-order chi connectivity index (χ0) is 11.4. The van der Waals surface area contributed by atoms with Crippen molar-refractivity contribution in [2.45, 2.75) is 5.92 Å². The molecule has 0 fully saturated rings. The van der Waals surface area contributed by atoms with Gasteiger partial charge in [0.2, 0.25) is 0 Å². The Morgan fingerprint density at radius 2 is 2.12 bits per heavy atom. The molecule has 16 heavy (non-hydrogen) atoms.